The molecule has 2 aliphatic rings. The molecule has 0 spiro atoms. The van der Waals surface area contributed by atoms with Crippen molar-refractivity contribution >= 4 is 35.5 Å². The van der Waals surface area contributed by atoms with Gasteiger partial charge in [0.15, 0.2) is 0 Å². The summed E-state index contributed by atoms with van der Waals surface area (Å²) < 4.78 is -2.91. The van der Waals surface area contributed by atoms with E-state index < -0.39 is 65.0 Å². The van der Waals surface area contributed by atoms with Crippen LogP contribution in [0.2, 0.25) is 0 Å². The molecule has 0 aromatic rings. The topological polar surface area (TPSA) is 118 Å². The summed E-state index contributed by atoms with van der Waals surface area (Å²) in [5.74, 6) is -3.24. The van der Waals surface area contributed by atoms with Gasteiger partial charge in [0.05, 0.1) is 49.3 Å². The van der Waals surface area contributed by atoms with E-state index in [1.165, 1.54) is 49.3 Å². The summed E-state index contributed by atoms with van der Waals surface area (Å²) in [6.07, 6.45) is 0.714. The minimum absolute atomic E-state index is 0.0000966. The average Bonchev–Trinajstić information content (AvgIpc) is 2.69. The Hall–Kier alpha value is -2.60. The van der Waals surface area contributed by atoms with Crippen LogP contribution < -0.4 is 0 Å². The van der Waals surface area contributed by atoms with Crippen molar-refractivity contribution in [3.63, 3.8) is 0 Å². The number of imide groups is 3. The zero-order chi connectivity index (χ0) is 24.3. The third kappa shape index (κ3) is 3.37. The first kappa shape index (κ1) is 24.7. The Balaban J connectivity index is 2.78. The van der Waals surface area contributed by atoms with E-state index >= 15 is 0 Å². The molecule has 2 unspecified atom stereocenters. The lowest BCUT2D eigenvalue weighted by molar-refractivity contribution is -0.895. The first-order valence-corrected chi connectivity index (χ1v) is 10.0. The molecule has 0 bridgehead atoms. The van der Waals surface area contributed by atoms with Crippen LogP contribution in [0.5, 0.6) is 0 Å². The van der Waals surface area contributed by atoms with Gasteiger partial charge in [0.1, 0.15) is 6.54 Å². The van der Waals surface area contributed by atoms with Gasteiger partial charge in [-0.05, 0) is 6.42 Å². The number of nitrogens with zero attached hydrogens (tertiary/aromatic N) is 5. The molecular weight excluding hydrogens is 406 g/mol. The summed E-state index contributed by atoms with van der Waals surface area (Å²) in [7, 11) is 9.59. The van der Waals surface area contributed by atoms with E-state index in [-0.39, 0.29) is 12.5 Å². The molecule has 0 aliphatic carbocycles. The minimum atomic E-state index is -0.879. The number of aliphatic hydroxyl groups is 1. The fraction of sp³-hybridized carbons (Fsp3) is 0.600. The van der Waals surface area contributed by atoms with Gasteiger partial charge in [-0.3, -0.25) is 0 Å². The van der Waals surface area contributed by atoms with Crippen molar-refractivity contribution in [1.29, 1.82) is 0 Å². The molecule has 2 aliphatic heterocycles. The monoisotopic (exact) mass is 439 g/mol. The maximum absolute atomic E-state index is 13.4. The summed E-state index contributed by atoms with van der Waals surface area (Å²) >= 11 is 0. The van der Waals surface area contributed by atoms with Crippen molar-refractivity contribution in [3.8, 4) is 0 Å². The number of quaternary nitrogens is 4. The molecule has 170 valence electrons. The Morgan fingerprint density at radius 3 is 1.74 bits per heavy atom. The Morgan fingerprint density at radius 2 is 1.26 bits per heavy atom. The number of urea groups is 2. The zero-order valence-corrected chi connectivity index (χ0v) is 19.7. The molecule has 0 aromatic heterocycles. The molecule has 2 rings (SSSR count). The Morgan fingerprint density at radius 1 is 0.774 bits per heavy atom. The second-order valence-electron chi connectivity index (χ2n) is 9.86. The van der Waals surface area contributed by atoms with Gasteiger partial charge < -0.3 is 5.11 Å². The van der Waals surface area contributed by atoms with Gasteiger partial charge in [-0.1, -0.05) is 13.8 Å². The lowest BCUT2D eigenvalue weighted by atomic mass is 10.0. The number of hydrogen-bond acceptors (Lipinski definition) is 7. The smallest absolute Gasteiger partial charge is 0.465 e. The number of hydrogen-bond donors (Lipinski definition) is 1. The quantitative estimate of drug-likeness (QED) is 0.645. The number of aliphatic hydroxyl groups excluding tert-OH is 1. The van der Waals surface area contributed by atoms with Crippen molar-refractivity contribution in [2.75, 3.05) is 55.9 Å². The number of carbonyl (C=O) groups excluding carboxylic acids is 5. The Kier molecular flexibility index (Phi) is 5.75. The van der Waals surface area contributed by atoms with Gasteiger partial charge in [0.25, 0.3) is 11.4 Å². The van der Waals surface area contributed by atoms with E-state index in [0.29, 0.717) is 6.42 Å². The molecule has 2 atom stereocenters. The third-order valence-electron chi connectivity index (χ3n) is 6.27. The molecule has 1 N–H and O–H groups in total. The number of barbiturate groups is 1. The van der Waals surface area contributed by atoms with E-state index in [2.05, 4.69) is 4.99 Å². The van der Waals surface area contributed by atoms with Crippen molar-refractivity contribution in [2.45, 2.75) is 20.3 Å². The number of likely N-dealkylation sites (N-methyl/N-ethyl adjacent to an activating group) is 1. The van der Waals surface area contributed by atoms with Crippen molar-refractivity contribution in [1.82, 2.24) is 0 Å². The molecule has 7 amide bonds. The fourth-order valence-corrected chi connectivity index (χ4v) is 3.96. The van der Waals surface area contributed by atoms with Crippen LogP contribution in [0.3, 0.4) is 0 Å². The molecule has 31 heavy (non-hydrogen) atoms. The lowest BCUT2D eigenvalue weighted by Crippen LogP contribution is -2.75. The van der Waals surface area contributed by atoms with Gasteiger partial charge in [-0.15, -0.1) is 17.9 Å². The van der Waals surface area contributed by atoms with Crippen molar-refractivity contribution in [3.05, 3.63) is 11.6 Å². The van der Waals surface area contributed by atoms with Gasteiger partial charge in [-0.25, -0.2) is 19.4 Å². The van der Waals surface area contributed by atoms with E-state index in [9.17, 15) is 29.1 Å². The predicted octanol–water partition coefficient (Wildman–Crippen LogP) is 0.723. The van der Waals surface area contributed by atoms with Gasteiger partial charge >= 0.3 is 35.7 Å². The number of carbonyl (C=O) groups is 5. The van der Waals surface area contributed by atoms with Crippen LogP contribution in [0.4, 0.5) is 9.59 Å². The minimum Gasteiger partial charge on any atom is -0.465 e. The molecule has 11 nitrogen and oxygen atoms in total. The zero-order valence-electron chi connectivity index (χ0n) is 19.7. The van der Waals surface area contributed by atoms with Crippen LogP contribution in [-0.4, -0.2) is 114 Å². The summed E-state index contributed by atoms with van der Waals surface area (Å²) in [4.78, 5) is 69.2. The van der Waals surface area contributed by atoms with Crippen LogP contribution in [0, 0.1) is 5.92 Å². The standard InChI is InChI=1S/C20H32N5O6/c1-10-12(2)11-25(9)18(29)14(17(28)24(7,8)20(25)31)21-13-15(26)22(3,4)19(30)23(5,6)16(13)27/h12H,10-11H2,1-9H3/q+3/p+1. The molecule has 11 heteroatoms. The second-order valence-corrected chi connectivity index (χ2v) is 9.86. The van der Waals surface area contributed by atoms with Crippen molar-refractivity contribution < 1.29 is 47.0 Å². The molecule has 0 saturated carbocycles. The van der Waals surface area contributed by atoms with Crippen LogP contribution >= 0.6 is 0 Å². The molecule has 2 heterocycles. The van der Waals surface area contributed by atoms with E-state index in [1.807, 2.05) is 13.8 Å². The summed E-state index contributed by atoms with van der Waals surface area (Å²) in [6.45, 7) is 3.97. The summed E-state index contributed by atoms with van der Waals surface area (Å²) in [5.41, 5.74) is -1.14. The number of amides is 7. The van der Waals surface area contributed by atoms with Crippen LogP contribution in [-0.2, 0) is 14.4 Å². The highest BCUT2D eigenvalue weighted by atomic mass is 16.3. The summed E-state index contributed by atoms with van der Waals surface area (Å²) in [6, 6.07) is -1.22. The SMILES string of the molecule is CCC(C)C[N+]1(C)C(=O)C(=NC2=C(O)[N+](C)(C)C(=O)[N+](C)(C)C2=O)C(=O)[N+](C)(C)C1=O. The molecular formula is C20H33N5O6+4. The van der Waals surface area contributed by atoms with Crippen LogP contribution in [0.15, 0.2) is 16.6 Å². The Labute approximate surface area is 181 Å². The largest absolute Gasteiger partial charge is 0.529 e. The molecule has 1 fully saturated rings. The fourth-order valence-electron chi connectivity index (χ4n) is 3.96. The van der Waals surface area contributed by atoms with Gasteiger partial charge in [0, 0.05) is 5.92 Å². The predicted molar refractivity (Wildman–Crippen MR) is 110 cm³/mol. The van der Waals surface area contributed by atoms with E-state index in [4.69, 9.17) is 0 Å². The molecule has 0 aromatic carbocycles. The average molecular weight is 440 g/mol. The van der Waals surface area contributed by atoms with Crippen LogP contribution in [0.25, 0.3) is 0 Å². The number of aliphatic imine (C=N–C) groups is 1. The first-order chi connectivity index (χ1) is 13.9. The normalized spacial score (nSPS) is 30.2. The highest BCUT2D eigenvalue weighted by Crippen LogP contribution is 2.31. The Bertz CT molecular complexity index is 975. The highest BCUT2D eigenvalue weighted by molar-refractivity contribution is 6.64. The van der Waals surface area contributed by atoms with E-state index in [0.717, 1.165) is 0 Å². The third-order valence-corrected chi connectivity index (χ3v) is 6.27. The summed E-state index contributed by atoms with van der Waals surface area (Å²) in [5, 5.41) is 10.7. The number of rotatable bonds is 4. The van der Waals surface area contributed by atoms with Gasteiger partial charge in [0.2, 0.25) is 0 Å². The molecule has 0 radical (unpaired) electrons. The van der Waals surface area contributed by atoms with Gasteiger partial charge in [-0.2, -0.15) is 9.59 Å². The molecule has 1 saturated heterocycles. The second kappa shape index (κ2) is 7.23. The first-order valence-electron chi connectivity index (χ1n) is 10.0. The van der Waals surface area contributed by atoms with Crippen molar-refractivity contribution in [2.24, 2.45) is 10.9 Å². The highest BCUT2D eigenvalue weighted by Gasteiger charge is 2.65. The maximum Gasteiger partial charge on any atom is 0.529 e. The van der Waals surface area contributed by atoms with Crippen LogP contribution in [0.1, 0.15) is 20.3 Å². The lowest BCUT2D eigenvalue weighted by Gasteiger charge is -2.38. The maximum atomic E-state index is 13.4. The van der Waals surface area contributed by atoms with E-state index in [1.54, 1.807) is 0 Å².